The smallest absolute Gasteiger partial charge is 0.191 e. The van der Waals surface area contributed by atoms with Crippen LogP contribution in [-0.2, 0) is 0 Å². The summed E-state index contributed by atoms with van der Waals surface area (Å²) in [5, 5.41) is 7.19. The highest BCUT2D eigenvalue weighted by Gasteiger charge is 2.24. The van der Waals surface area contributed by atoms with Crippen LogP contribution in [0.1, 0.15) is 52.9 Å². The number of guanidine groups is 1. The first kappa shape index (κ1) is 17.6. The van der Waals surface area contributed by atoms with E-state index < -0.39 is 0 Å². The van der Waals surface area contributed by atoms with E-state index in [2.05, 4.69) is 41.3 Å². The summed E-state index contributed by atoms with van der Waals surface area (Å²) in [5.41, 5.74) is 0. The van der Waals surface area contributed by atoms with Gasteiger partial charge in [-0.3, -0.25) is 4.99 Å². The number of likely N-dealkylation sites (tertiary alicyclic amines) is 1. The molecular weight excluding hydrogens is 272 g/mol. The normalized spacial score (nSPS) is 30.8. The number of rotatable bonds is 5. The van der Waals surface area contributed by atoms with Gasteiger partial charge in [-0.15, -0.1) is 0 Å². The minimum absolute atomic E-state index is 0.608. The summed E-state index contributed by atoms with van der Waals surface area (Å²) in [6.45, 7) is 11.7. The molecule has 0 aromatic rings. The molecule has 1 unspecified atom stereocenters. The Morgan fingerprint density at radius 1 is 1.18 bits per heavy atom. The van der Waals surface area contributed by atoms with Gasteiger partial charge in [-0.1, -0.05) is 20.8 Å². The van der Waals surface area contributed by atoms with Crippen LogP contribution in [-0.4, -0.2) is 50.1 Å². The van der Waals surface area contributed by atoms with E-state index in [9.17, 15) is 0 Å². The zero-order valence-corrected chi connectivity index (χ0v) is 15.1. The van der Waals surface area contributed by atoms with Crippen molar-refractivity contribution in [1.82, 2.24) is 15.5 Å². The second-order valence-corrected chi connectivity index (χ2v) is 7.50. The quantitative estimate of drug-likeness (QED) is 0.606. The predicted molar refractivity (Wildman–Crippen MR) is 95.3 cm³/mol. The molecule has 2 rings (SSSR count). The lowest BCUT2D eigenvalue weighted by molar-refractivity contribution is 0.250. The molecule has 4 nitrogen and oxygen atoms in total. The maximum absolute atomic E-state index is 4.42. The Morgan fingerprint density at radius 3 is 2.45 bits per heavy atom. The van der Waals surface area contributed by atoms with Gasteiger partial charge in [0.2, 0.25) is 0 Å². The van der Waals surface area contributed by atoms with Gasteiger partial charge in [0.05, 0.1) is 0 Å². The van der Waals surface area contributed by atoms with Crippen LogP contribution in [0.2, 0.25) is 0 Å². The molecular formula is C18H36N4. The molecule has 128 valence electrons. The Labute approximate surface area is 137 Å². The fourth-order valence-corrected chi connectivity index (χ4v) is 3.93. The van der Waals surface area contributed by atoms with Gasteiger partial charge in [0.25, 0.3) is 0 Å². The monoisotopic (exact) mass is 308 g/mol. The second kappa shape index (κ2) is 8.76. The molecule has 22 heavy (non-hydrogen) atoms. The lowest BCUT2D eigenvalue weighted by atomic mass is 9.80. The van der Waals surface area contributed by atoms with Gasteiger partial charge >= 0.3 is 0 Å². The van der Waals surface area contributed by atoms with Crippen LogP contribution in [0.15, 0.2) is 4.99 Å². The molecule has 0 amide bonds. The van der Waals surface area contributed by atoms with Crippen molar-refractivity contribution in [2.75, 3.05) is 33.2 Å². The molecule has 1 saturated carbocycles. The fraction of sp³-hybridized carbons (Fsp3) is 0.944. The molecule has 2 aliphatic rings. The standard InChI is InChI=1S/C18H36N4/c1-5-22-11-10-15(13-22)12-20-18(19-4)21-17-8-6-16(7-9-17)14(2)3/h14-17H,5-13H2,1-4H3,(H2,19,20,21). The van der Waals surface area contributed by atoms with Crippen LogP contribution in [0.5, 0.6) is 0 Å². The number of hydrogen-bond donors (Lipinski definition) is 2. The van der Waals surface area contributed by atoms with Crippen molar-refractivity contribution >= 4 is 5.96 Å². The van der Waals surface area contributed by atoms with Gasteiger partial charge in [0.1, 0.15) is 0 Å². The van der Waals surface area contributed by atoms with Crippen molar-refractivity contribution in [2.24, 2.45) is 22.7 Å². The summed E-state index contributed by atoms with van der Waals surface area (Å²) in [5.74, 6) is 3.53. The summed E-state index contributed by atoms with van der Waals surface area (Å²) >= 11 is 0. The van der Waals surface area contributed by atoms with Crippen molar-refractivity contribution in [3.05, 3.63) is 0 Å². The Kier molecular flexibility index (Phi) is 7.00. The van der Waals surface area contributed by atoms with Crippen molar-refractivity contribution in [1.29, 1.82) is 0 Å². The maximum Gasteiger partial charge on any atom is 0.191 e. The summed E-state index contributed by atoms with van der Waals surface area (Å²) in [6, 6.07) is 0.608. The van der Waals surface area contributed by atoms with Gasteiger partial charge in [0, 0.05) is 26.2 Å². The first-order chi connectivity index (χ1) is 10.6. The molecule has 1 atom stereocenters. The lowest BCUT2D eigenvalue weighted by Gasteiger charge is -2.32. The highest BCUT2D eigenvalue weighted by atomic mass is 15.2. The highest BCUT2D eigenvalue weighted by molar-refractivity contribution is 5.79. The first-order valence-corrected chi connectivity index (χ1v) is 9.31. The minimum Gasteiger partial charge on any atom is -0.356 e. The molecule has 0 bridgehead atoms. The average molecular weight is 309 g/mol. The van der Waals surface area contributed by atoms with Gasteiger partial charge < -0.3 is 15.5 Å². The molecule has 0 spiro atoms. The van der Waals surface area contributed by atoms with E-state index in [4.69, 9.17) is 0 Å². The summed E-state index contributed by atoms with van der Waals surface area (Å²) < 4.78 is 0. The zero-order chi connectivity index (χ0) is 15.9. The topological polar surface area (TPSA) is 39.7 Å². The molecule has 1 aliphatic heterocycles. The molecule has 4 heteroatoms. The molecule has 0 aromatic heterocycles. The van der Waals surface area contributed by atoms with Crippen molar-refractivity contribution in [3.63, 3.8) is 0 Å². The van der Waals surface area contributed by atoms with Gasteiger partial charge in [-0.2, -0.15) is 0 Å². The summed E-state index contributed by atoms with van der Waals surface area (Å²) in [6.07, 6.45) is 6.62. The molecule has 1 heterocycles. The minimum atomic E-state index is 0.608. The Hall–Kier alpha value is -0.770. The van der Waals surface area contributed by atoms with Gasteiger partial charge in [-0.05, 0) is 62.9 Å². The third-order valence-corrected chi connectivity index (χ3v) is 5.65. The van der Waals surface area contributed by atoms with E-state index >= 15 is 0 Å². The van der Waals surface area contributed by atoms with E-state index in [0.717, 1.165) is 30.3 Å². The van der Waals surface area contributed by atoms with Crippen LogP contribution >= 0.6 is 0 Å². The SMILES string of the molecule is CCN1CCC(CNC(=NC)NC2CCC(C(C)C)CC2)C1. The van der Waals surface area contributed by atoms with Gasteiger partial charge in [-0.25, -0.2) is 0 Å². The van der Waals surface area contributed by atoms with Crippen LogP contribution < -0.4 is 10.6 Å². The second-order valence-electron chi connectivity index (χ2n) is 7.50. The van der Waals surface area contributed by atoms with E-state index in [1.165, 1.54) is 51.7 Å². The Morgan fingerprint density at radius 2 is 1.91 bits per heavy atom. The van der Waals surface area contributed by atoms with Crippen molar-refractivity contribution in [3.8, 4) is 0 Å². The van der Waals surface area contributed by atoms with E-state index in [-0.39, 0.29) is 0 Å². The van der Waals surface area contributed by atoms with Gasteiger partial charge in [0.15, 0.2) is 5.96 Å². The van der Waals surface area contributed by atoms with Crippen molar-refractivity contribution in [2.45, 2.75) is 58.9 Å². The molecule has 1 saturated heterocycles. The first-order valence-electron chi connectivity index (χ1n) is 9.31. The van der Waals surface area contributed by atoms with Crippen LogP contribution in [0.25, 0.3) is 0 Å². The van der Waals surface area contributed by atoms with Crippen LogP contribution in [0.4, 0.5) is 0 Å². The number of hydrogen-bond acceptors (Lipinski definition) is 2. The third kappa shape index (κ3) is 5.15. The number of nitrogens with one attached hydrogen (secondary N) is 2. The summed E-state index contributed by atoms with van der Waals surface area (Å²) in [4.78, 5) is 6.95. The molecule has 0 aromatic carbocycles. The lowest BCUT2D eigenvalue weighted by Crippen LogP contribution is -2.46. The maximum atomic E-state index is 4.42. The highest BCUT2D eigenvalue weighted by Crippen LogP contribution is 2.29. The Bertz CT molecular complexity index is 345. The van der Waals surface area contributed by atoms with Crippen LogP contribution in [0, 0.1) is 17.8 Å². The van der Waals surface area contributed by atoms with Crippen LogP contribution in [0.3, 0.4) is 0 Å². The predicted octanol–water partition coefficient (Wildman–Crippen LogP) is 2.71. The number of nitrogens with zero attached hydrogens (tertiary/aromatic N) is 2. The van der Waals surface area contributed by atoms with E-state index in [1.54, 1.807) is 0 Å². The molecule has 0 radical (unpaired) electrons. The number of aliphatic imine (C=N–C) groups is 1. The average Bonchev–Trinajstić information content (AvgIpc) is 3.00. The zero-order valence-electron chi connectivity index (χ0n) is 15.1. The summed E-state index contributed by atoms with van der Waals surface area (Å²) in [7, 11) is 1.89. The van der Waals surface area contributed by atoms with Crippen molar-refractivity contribution < 1.29 is 0 Å². The Balaban J connectivity index is 1.68. The molecule has 2 fully saturated rings. The van der Waals surface area contributed by atoms with E-state index in [0.29, 0.717) is 6.04 Å². The fourth-order valence-electron chi connectivity index (χ4n) is 3.93. The third-order valence-electron chi connectivity index (χ3n) is 5.65. The largest absolute Gasteiger partial charge is 0.356 e. The van der Waals surface area contributed by atoms with E-state index in [1.807, 2.05) is 7.05 Å². The molecule has 2 N–H and O–H groups in total. The molecule has 1 aliphatic carbocycles.